The van der Waals surface area contributed by atoms with Gasteiger partial charge in [0.15, 0.2) is 0 Å². The summed E-state index contributed by atoms with van der Waals surface area (Å²) < 4.78 is 18.8. The van der Waals surface area contributed by atoms with Crippen molar-refractivity contribution in [3.05, 3.63) is 53.6 Å². The largest absolute Gasteiger partial charge is 0.378 e. The minimum Gasteiger partial charge on any atom is -0.378 e. The van der Waals surface area contributed by atoms with Crippen LogP contribution in [0.4, 0.5) is 10.3 Å². The van der Waals surface area contributed by atoms with E-state index in [1.165, 1.54) is 6.07 Å². The normalized spacial score (nSPS) is 19.3. The molecule has 1 N–H and O–H groups in total. The van der Waals surface area contributed by atoms with Gasteiger partial charge < -0.3 is 15.0 Å². The first-order valence-corrected chi connectivity index (χ1v) is 8.40. The minimum atomic E-state index is -0.182. The lowest BCUT2D eigenvalue weighted by Crippen LogP contribution is -2.37. The van der Waals surface area contributed by atoms with Crippen LogP contribution in [0, 0.1) is 5.82 Å². The van der Waals surface area contributed by atoms with Crippen LogP contribution in [0.15, 0.2) is 36.7 Å². The number of morpholine rings is 1. The molecule has 6 heteroatoms. The molecule has 1 aliphatic carbocycles. The van der Waals surface area contributed by atoms with Crippen LogP contribution < -0.4 is 10.2 Å². The number of benzene rings is 1. The molecule has 1 saturated carbocycles. The Morgan fingerprint density at radius 2 is 1.92 bits per heavy atom. The number of nitrogens with one attached hydrogen (secondary N) is 1. The van der Waals surface area contributed by atoms with Crippen LogP contribution in [0.2, 0.25) is 0 Å². The Bertz CT molecular complexity index is 696. The molecule has 2 aliphatic rings. The number of nitrogens with zero attached hydrogens (tertiary/aromatic N) is 3. The first-order chi connectivity index (χ1) is 11.8. The van der Waals surface area contributed by atoms with Crippen molar-refractivity contribution < 1.29 is 9.13 Å². The van der Waals surface area contributed by atoms with Gasteiger partial charge in [-0.15, -0.1) is 0 Å². The highest BCUT2D eigenvalue weighted by Gasteiger charge is 2.43. The van der Waals surface area contributed by atoms with Crippen molar-refractivity contribution in [3.8, 4) is 0 Å². The average Bonchev–Trinajstić information content (AvgIpc) is 3.43. The number of rotatable bonds is 5. The van der Waals surface area contributed by atoms with E-state index in [4.69, 9.17) is 4.74 Å². The molecule has 0 spiro atoms. The fraction of sp³-hybridized carbons (Fsp3) is 0.444. The van der Waals surface area contributed by atoms with Crippen LogP contribution in [-0.2, 0) is 16.8 Å². The molecule has 24 heavy (non-hydrogen) atoms. The van der Waals surface area contributed by atoms with E-state index in [1.54, 1.807) is 12.1 Å². The number of hydrogen-bond donors (Lipinski definition) is 1. The van der Waals surface area contributed by atoms with Crippen molar-refractivity contribution in [2.75, 3.05) is 31.2 Å². The van der Waals surface area contributed by atoms with Gasteiger partial charge in [-0.1, -0.05) is 12.1 Å². The molecule has 0 radical (unpaired) electrons. The first-order valence-electron chi connectivity index (χ1n) is 8.40. The van der Waals surface area contributed by atoms with Crippen molar-refractivity contribution in [2.45, 2.75) is 24.9 Å². The van der Waals surface area contributed by atoms with Gasteiger partial charge in [0, 0.05) is 43.1 Å². The molecule has 0 unspecified atom stereocenters. The van der Waals surface area contributed by atoms with E-state index in [0.29, 0.717) is 6.54 Å². The van der Waals surface area contributed by atoms with E-state index in [2.05, 4.69) is 20.2 Å². The van der Waals surface area contributed by atoms with E-state index >= 15 is 0 Å². The Balaban J connectivity index is 1.39. The van der Waals surface area contributed by atoms with Crippen LogP contribution in [0.5, 0.6) is 0 Å². The van der Waals surface area contributed by atoms with Crippen LogP contribution in [0.1, 0.15) is 24.0 Å². The molecule has 0 atom stereocenters. The Hall–Kier alpha value is -2.05. The van der Waals surface area contributed by atoms with Crippen molar-refractivity contribution >= 4 is 5.95 Å². The lowest BCUT2D eigenvalue weighted by Gasteiger charge is -2.26. The third-order valence-electron chi connectivity index (χ3n) is 4.74. The fourth-order valence-electron chi connectivity index (χ4n) is 3.12. The Morgan fingerprint density at radius 1 is 1.17 bits per heavy atom. The van der Waals surface area contributed by atoms with Gasteiger partial charge in [-0.3, -0.25) is 0 Å². The summed E-state index contributed by atoms with van der Waals surface area (Å²) in [5, 5.41) is 3.55. The molecule has 1 aliphatic heterocycles. The maximum absolute atomic E-state index is 13.4. The van der Waals surface area contributed by atoms with Gasteiger partial charge in [-0.05, 0) is 30.5 Å². The topological polar surface area (TPSA) is 50.3 Å². The average molecular weight is 328 g/mol. The maximum atomic E-state index is 13.4. The van der Waals surface area contributed by atoms with Gasteiger partial charge in [-0.2, -0.15) is 0 Å². The van der Waals surface area contributed by atoms with E-state index in [9.17, 15) is 4.39 Å². The maximum Gasteiger partial charge on any atom is 0.225 e. The van der Waals surface area contributed by atoms with E-state index in [1.807, 2.05) is 18.5 Å². The molecule has 0 bridgehead atoms. The van der Waals surface area contributed by atoms with Crippen LogP contribution >= 0.6 is 0 Å². The molecule has 1 saturated heterocycles. The summed E-state index contributed by atoms with van der Waals surface area (Å²) in [6, 6.07) is 6.86. The smallest absolute Gasteiger partial charge is 0.225 e. The number of aromatic nitrogens is 2. The van der Waals surface area contributed by atoms with Gasteiger partial charge in [0.2, 0.25) is 5.95 Å². The Morgan fingerprint density at radius 3 is 2.58 bits per heavy atom. The third kappa shape index (κ3) is 3.25. The lowest BCUT2D eigenvalue weighted by molar-refractivity contribution is 0.122. The molecule has 2 heterocycles. The Labute approximate surface area is 140 Å². The molecule has 0 amide bonds. The second kappa shape index (κ2) is 6.45. The second-order valence-electron chi connectivity index (χ2n) is 6.44. The van der Waals surface area contributed by atoms with Gasteiger partial charge in [-0.25, -0.2) is 14.4 Å². The van der Waals surface area contributed by atoms with Crippen LogP contribution in [0.25, 0.3) is 0 Å². The summed E-state index contributed by atoms with van der Waals surface area (Å²) >= 11 is 0. The molecule has 5 nitrogen and oxygen atoms in total. The standard InChI is InChI=1S/C18H21FN4O/c19-16-3-1-2-15(10-16)18(4-5-18)22-13-14-11-20-17(21-12-14)23-6-8-24-9-7-23/h1-3,10-12,22H,4-9,13H2. The van der Waals surface area contributed by atoms with Gasteiger partial charge in [0.25, 0.3) is 0 Å². The van der Waals surface area contributed by atoms with E-state index in [-0.39, 0.29) is 11.4 Å². The summed E-state index contributed by atoms with van der Waals surface area (Å²) in [6.45, 7) is 3.80. The third-order valence-corrected chi connectivity index (χ3v) is 4.74. The number of halogens is 1. The summed E-state index contributed by atoms with van der Waals surface area (Å²) in [5.41, 5.74) is 1.97. The van der Waals surface area contributed by atoms with Crippen LogP contribution in [-0.4, -0.2) is 36.3 Å². The van der Waals surface area contributed by atoms with Crippen molar-refractivity contribution in [3.63, 3.8) is 0 Å². The molecule has 2 fully saturated rings. The predicted octanol–water partition coefficient (Wildman–Crippen LogP) is 2.23. The highest BCUT2D eigenvalue weighted by atomic mass is 19.1. The highest BCUT2D eigenvalue weighted by Crippen LogP contribution is 2.45. The van der Waals surface area contributed by atoms with Crippen molar-refractivity contribution in [2.24, 2.45) is 0 Å². The molecular weight excluding hydrogens is 307 g/mol. The van der Waals surface area contributed by atoms with E-state index < -0.39 is 0 Å². The fourth-order valence-corrected chi connectivity index (χ4v) is 3.12. The van der Waals surface area contributed by atoms with Gasteiger partial charge in [0.1, 0.15) is 5.82 Å². The van der Waals surface area contributed by atoms with Gasteiger partial charge in [0.05, 0.1) is 13.2 Å². The zero-order valence-electron chi connectivity index (χ0n) is 13.5. The molecule has 2 aromatic rings. The van der Waals surface area contributed by atoms with E-state index in [0.717, 1.165) is 56.2 Å². The molecular formula is C18H21FN4O. The molecule has 1 aromatic heterocycles. The lowest BCUT2D eigenvalue weighted by atomic mass is 10.0. The van der Waals surface area contributed by atoms with Crippen molar-refractivity contribution in [1.29, 1.82) is 0 Å². The molecule has 1 aromatic carbocycles. The summed E-state index contributed by atoms with van der Waals surface area (Å²) in [7, 11) is 0. The predicted molar refractivity (Wildman–Crippen MR) is 89.2 cm³/mol. The SMILES string of the molecule is Fc1cccc(C2(NCc3cnc(N4CCOCC4)nc3)CC2)c1. The van der Waals surface area contributed by atoms with Crippen molar-refractivity contribution in [1.82, 2.24) is 15.3 Å². The summed E-state index contributed by atoms with van der Waals surface area (Å²) in [6.07, 6.45) is 5.80. The summed E-state index contributed by atoms with van der Waals surface area (Å²) in [5.74, 6) is 0.576. The summed E-state index contributed by atoms with van der Waals surface area (Å²) in [4.78, 5) is 11.1. The molecule has 126 valence electrons. The number of anilines is 1. The first kappa shape index (κ1) is 15.5. The zero-order valence-corrected chi connectivity index (χ0v) is 13.5. The zero-order chi connectivity index (χ0) is 16.4. The second-order valence-corrected chi connectivity index (χ2v) is 6.44. The minimum absolute atomic E-state index is 0.0923. The number of hydrogen-bond acceptors (Lipinski definition) is 5. The Kier molecular flexibility index (Phi) is 4.16. The monoisotopic (exact) mass is 328 g/mol. The highest BCUT2D eigenvalue weighted by molar-refractivity contribution is 5.32. The molecule has 4 rings (SSSR count). The van der Waals surface area contributed by atoms with Crippen LogP contribution in [0.3, 0.4) is 0 Å². The van der Waals surface area contributed by atoms with Gasteiger partial charge >= 0.3 is 0 Å². The number of ether oxygens (including phenoxy) is 1. The quantitative estimate of drug-likeness (QED) is 0.912.